The van der Waals surface area contributed by atoms with E-state index in [-0.39, 0.29) is 12.0 Å². The minimum absolute atomic E-state index is 0.0633. The first kappa shape index (κ1) is 19.4. The van der Waals surface area contributed by atoms with Crippen molar-refractivity contribution in [2.75, 3.05) is 26.2 Å². The third-order valence-corrected chi connectivity index (χ3v) is 6.53. The Morgan fingerprint density at radius 2 is 1.79 bits per heavy atom. The van der Waals surface area contributed by atoms with Crippen molar-refractivity contribution in [1.82, 2.24) is 14.8 Å². The largest absolute Gasteiger partial charge is 0.491 e. The third kappa shape index (κ3) is 4.39. The van der Waals surface area contributed by atoms with E-state index in [4.69, 9.17) is 4.74 Å². The zero-order valence-electron chi connectivity index (χ0n) is 16.8. The van der Waals surface area contributed by atoms with Gasteiger partial charge >= 0.3 is 0 Å². The molecule has 0 spiro atoms. The number of benzene rings is 1. The van der Waals surface area contributed by atoms with Crippen molar-refractivity contribution in [1.29, 1.82) is 0 Å². The van der Waals surface area contributed by atoms with Crippen molar-refractivity contribution >= 4 is 17.2 Å². The Bertz CT molecular complexity index is 788. The van der Waals surface area contributed by atoms with Crippen LogP contribution in [0.5, 0.6) is 5.75 Å². The predicted octanol–water partition coefficient (Wildman–Crippen LogP) is 4.30. The van der Waals surface area contributed by atoms with E-state index in [2.05, 4.69) is 9.88 Å². The summed E-state index contributed by atoms with van der Waals surface area (Å²) in [6, 6.07) is 8.67. The summed E-state index contributed by atoms with van der Waals surface area (Å²) in [5, 5.41) is 2.77. The molecule has 2 aromatic rings. The first-order valence-electron chi connectivity index (χ1n) is 10.4. The normalized spacial score (nSPS) is 18.8. The summed E-state index contributed by atoms with van der Waals surface area (Å²) in [6.45, 7) is 7.63. The number of rotatable bonds is 5. The maximum Gasteiger partial charge on any atom is 0.273 e. The van der Waals surface area contributed by atoms with Crippen LogP contribution >= 0.6 is 11.3 Å². The lowest BCUT2D eigenvalue weighted by atomic mass is 10.2. The van der Waals surface area contributed by atoms with Crippen LogP contribution < -0.4 is 4.74 Å². The molecule has 1 aromatic carbocycles. The van der Waals surface area contributed by atoms with Gasteiger partial charge in [-0.15, -0.1) is 11.3 Å². The molecule has 5 nitrogen and oxygen atoms in total. The first-order valence-corrected chi connectivity index (χ1v) is 11.2. The van der Waals surface area contributed by atoms with Crippen molar-refractivity contribution in [3.8, 4) is 16.3 Å². The van der Waals surface area contributed by atoms with Crippen molar-refractivity contribution in [3.63, 3.8) is 0 Å². The fourth-order valence-corrected chi connectivity index (χ4v) is 4.97. The van der Waals surface area contributed by atoms with Gasteiger partial charge in [0, 0.05) is 43.2 Å². The molecule has 28 heavy (non-hydrogen) atoms. The molecule has 0 N–H and O–H groups in total. The van der Waals surface area contributed by atoms with Crippen LogP contribution in [0.1, 0.15) is 50.0 Å². The van der Waals surface area contributed by atoms with Gasteiger partial charge in [-0.25, -0.2) is 4.98 Å². The van der Waals surface area contributed by atoms with Gasteiger partial charge in [0.05, 0.1) is 6.10 Å². The molecule has 2 fully saturated rings. The van der Waals surface area contributed by atoms with Gasteiger partial charge in [0.2, 0.25) is 0 Å². The number of hydrogen-bond acceptors (Lipinski definition) is 5. The van der Waals surface area contributed by atoms with E-state index in [0.29, 0.717) is 5.69 Å². The second-order valence-corrected chi connectivity index (χ2v) is 8.85. The number of carbonyl (C=O) groups excluding carboxylic acids is 1. The molecule has 2 heterocycles. The van der Waals surface area contributed by atoms with E-state index in [0.717, 1.165) is 48.5 Å². The Hall–Kier alpha value is -1.92. The van der Waals surface area contributed by atoms with Crippen LogP contribution in [0.3, 0.4) is 0 Å². The highest BCUT2D eigenvalue weighted by molar-refractivity contribution is 7.13. The van der Waals surface area contributed by atoms with E-state index in [1.807, 2.05) is 48.4 Å². The number of aromatic nitrogens is 1. The molecule has 1 aliphatic carbocycles. The molecule has 0 bridgehead atoms. The molecule has 0 unspecified atom stereocenters. The SMILES string of the molecule is CC(C)Oc1ccc(-c2nc(C(=O)N3CCN(C4CCCC4)CC3)cs2)cc1. The molecule has 4 rings (SSSR count). The molecule has 0 radical (unpaired) electrons. The Morgan fingerprint density at radius 3 is 2.43 bits per heavy atom. The highest BCUT2D eigenvalue weighted by atomic mass is 32.1. The number of piperazine rings is 1. The molecule has 1 saturated carbocycles. The smallest absolute Gasteiger partial charge is 0.273 e. The maximum atomic E-state index is 12.9. The van der Waals surface area contributed by atoms with Gasteiger partial charge in [-0.2, -0.15) is 0 Å². The van der Waals surface area contributed by atoms with Crippen LogP contribution in [0.15, 0.2) is 29.6 Å². The van der Waals surface area contributed by atoms with Crippen molar-refractivity contribution in [2.24, 2.45) is 0 Å². The standard InChI is InChI=1S/C22H29N3O2S/c1-16(2)27-19-9-7-17(8-10-19)21-23-20(15-28-21)22(26)25-13-11-24(12-14-25)18-5-3-4-6-18/h7-10,15-16,18H,3-6,11-14H2,1-2H3. The molecule has 2 aliphatic rings. The van der Waals surface area contributed by atoms with Gasteiger partial charge < -0.3 is 9.64 Å². The molecule has 150 valence electrons. The highest BCUT2D eigenvalue weighted by Gasteiger charge is 2.29. The zero-order chi connectivity index (χ0) is 19.5. The fourth-order valence-electron chi connectivity index (χ4n) is 4.17. The van der Waals surface area contributed by atoms with Crippen LogP contribution in [0.25, 0.3) is 10.6 Å². The van der Waals surface area contributed by atoms with Gasteiger partial charge in [-0.1, -0.05) is 12.8 Å². The lowest BCUT2D eigenvalue weighted by Crippen LogP contribution is -2.51. The number of ether oxygens (including phenoxy) is 1. The van der Waals surface area contributed by atoms with Crippen molar-refractivity contribution in [3.05, 3.63) is 35.3 Å². The van der Waals surface area contributed by atoms with E-state index in [1.54, 1.807) is 0 Å². The summed E-state index contributed by atoms with van der Waals surface area (Å²) in [7, 11) is 0. The zero-order valence-corrected chi connectivity index (χ0v) is 17.6. The number of carbonyl (C=O) groups is 1. The summed E-state index contributed by atoms with van der Waals surface area (Å²) in [6.07, 6.45) is 5.52. The summed E-state index contributed by atoms with van der Waals surface area (Å²) in [4.78, 5) is 22.0. The van der Waals surface area contributed by atoms with E-state index in [9.17, 15) is 4.79 Å². The predicted molar refractivity (Wildman–Crippen MR) is 113 cm³/mol. The van der Waals surface area contributed by atoms with E-state index in [1.165, 1.54) is 37.0 Å². The van der Waals surface area contributed by atoms with Gasteiger partial charge in [-0.3, -0.25) is 9.69 Å². The average Bonchev–Trinajstić information content (AvgIpc) is 3.40. The summed E-state index contributed by atoms with van der Waals surface area (Å²) < 4.78 is 5.69. The average molecular weight is 400 g/mol. The van der Waals surface area contributed by atoms with Gasteiger partial charge in [0.1, 0.15) is 16.5 Å². The molecule has 1 amide bonds. The van der Waals surface area contributed by atoms with Crippen LogP contribution in [-0.2, 0) is 0 Å². The lowest BCUT2D eigenvalue weighted by Gasteiger charge is -2.37. The van der Waals surface area contributed by atoms with Crippen LogP contribution in [-0.4, -0.2) is 59.0 Å². The van der Waals surface area contributed by atoms with E-state index < -0.39 is 0 Å². The summed E-state index contributed by atoms with van der Waals surface area (Å²) in [5.74, 6) is 0.917. The van der Waals surface area contributed by atoms with Gasteiger partial charge in [0.25, 0.3) is 5.91 Å². The fraction of sp³-hybridized carbons (Fsp3) is 0.545. The molecule has 0 atom stereocenters. The second-order valence-electron chi connectivity index (χ2n) is 8.00. The van der Waals surface area contributed by atoms with Crippen molar-refractivity contribution < 1.29 is 9.53 Å². The highest BCUT2D eigenvalue weighted by Crippen LogP contribution is 2.27. The molecular formula is C22H29N3O2S. The minimum atomic E-state index is 0.0633. The minimum Gasteiger partial charge on any atom is -0.491 e. The topological polar surface area (TPSA) is 45.7 Å². The third-order valence-electron chi connectivity index (χ3n) is 5.64. The second kappa shape index (κ2) is 8.62. The summed E-state index contributed by atoms with van der Waals surface area (Å²) in [5.41, 5.74) is 1.59. The van der Waals surface area contributed by atoms with Crippen LogP contribution in [0, 0.1) is 0 Å². The number of hydrogen-bond donors (Lipinski definition) is 0. The molecular weight excluding hydrogens is 370 g/mol. The number of nitrogens with zero attached hydrogens (tertiary/aromatic N) is 3. The Labute approximate surface area is 171 Å². The quantitative estimate of drug-likeness (QED) is 0.752. The summed E-state index contributed by atoms with van der Waals surface area (Å²) >= 11 is 1.53. The lowest BCUT2D eigenvalue weighted by molar-refractivity contribution is 0.0569. The molecule has 1 aromatic heterocycles. The Morgan fingerprint density at radius 1 is 1.11 bits per heavy atom. The Kier molecular flexibility index (Phi) is 5.97. The van der Waals surface area contributed by atoms with Crippen LogP contribution in [0.4, 0.5) is 0 Å². The van der Waals surface area contributed by atoms with Gasteiger partial charge in [-0.05, 0) is 51.0 Å². The van der Waals surface area contributed by atoms with E-state index >= 15 is 0 Å². The monoisotopic (exact) mass is 399 g/mol. The number of amides is 1. The first-order chi connectivity index (χ1) is 13.6. The van der Waals surface area contributed by atoms with Crippen molar-refractivity contribution in [2.45, 2.75) is 51.7 Å². The number of thiazole rings is 1. The molecule has 6 heteroatoms. The van der Waals surface area contributed by atoms with Gasteiger partial charge in [0.15, 0.2) is 0 Å². The van der Waals surface area contributed by atoms with Crippen LogP contribution in [0.2, 0.25) is 0 Å². The Balaban J connectivity index is 1.36. The molecule has 1 aliphatic heterocycles. The maximum absolute atomic E-state index is 12.9. The molecule has 1 saturated heterocycles.